The van der Waals surface area contributed by atoms with Crippen LogP contribution in [0.4, 0.5) is 0 Å². The summed E-state index contributed by atoms with van der Waals surface area (Å²) in [4.78, 5) is 8.06. The van der Waals surface area contributed by atoms with Crippen molar-refractivity contribution < 1.29 is 4.74 Å². The van der Waals surface area contributed by atoms with Crippen molar-refractivity contribution in [2.45, 2.75) is 5.41 Å². The Kier molecular flexibility index (Phi) is 6.14. The molecule has 2 N–H and O–H groups in total. The van der Waals surface area contributed by atoms with Crippen LogP contribution in [0.1, 0.15) is 27.8 Å². The van der Waals surface area contributed by atoms with Crippen LogP contribution >= 0.6 is 0 Å². The number of nitrogens with zero attached hydrogens (tertiary/aromatic N) is 1. The van der Waals surface area contributed by atoms with Gasteiger partial charge in [0.05, 0.1) is 5.41 Å². The quantitative estimate of drug-likeness (QED) is 0.176. The number of aromatic amines is 1. The van der Waals surface area contributed by atoms with E-state index >= 15 is 0 Å². The molecule has 0 saturated heterocycles. The first-order valence-electron chi connectivity index (χ1n) is 13.6. The lowest BCUT2D eigenvalue weighted by Crippen LogP contribution is -2.34. The zero-order valence-corrected chi connectivity index (χ0v) is 22.3. The third kappa shape index (κ3) is 4.26. The van der Waals surface area contributed by atoms with Gasteiger partial charge in [-0.05, 0) is 53.1 Å². The van der Waals surface area contributed by atoms with E-state index in [1.807, 2.05) is 72.8 Å². The van der Waals surface area contributed by atoms with Crippen molar-refractivity contribution in [3.63, 3.8) is 0 Å². The number of pyridine rings is 1. The summed E-state index contributed by atoms with van der Waals surface area (Å²) in [6.45, 7) is 0. The van der Waals surface area contributed by atoms with Crippen LogP contribution in [0.3, 0.4) is 0 Å². The number of rotatable bonds is 4. The summed E-state index contributed by atoms with van der Waals surface area (Å²) in [7, 11) is 0. The molecule has 1 aromatic heterocycles. The highest BCUT2D eigenvalue weighted by atomic mass is 16.5. The van der Waals surface area contributed by atoms with E-state index in [2.05, 4.69) is 88.8 Å². The molecule has 0 aliphatic carbocycles. The van der Waals surface area contributed by atoms with Crippen LogP contribution in [-0.2, 0) is 5.41 Å². The van der Waals surface area contributed by atoms with Crippen molar-refractivity contribution in [3.8, 4) is 22.8 Å². The minimum Gasteiger partial charge on any atom is -0.457 e. The zero-order chi connectivity index (χ0) is 27.6. The molecule has 0 saturated carbocycles. The Bertz CT molecular complexity index is 1890. The maximum Gasteiger partial charge on any atom is 0.154 e. The minimum atomic E-state index is -0.637. The third-order valence-corrected chi connectivity index (χ3v) is 7.68. The van der Waals surface area contributed by atoms with Gasteiger partial charge in [-0.3, -0.25) is 5.41 Å². The van der Waals surface area contributed by atoms with Crippen LogP contribution in [0.25, 0.3) is 11.3 Å². The van der Waals surface area contributed by atoms with Crippen LogP contribution in [0, 0.1) is 5.41 Å². The van der Waals surface area contributed by atoms with Gasteiger partial charge in [0.1, 0.15) is 17.0 Å². The molecule has 4 nitrogen and oxygen atoms in total. The average Bonchev–Trinajstić information content (AvgIpc) is 3.05. The Morgan fingerprint density at radius 3 is 1.90 bits per heavy atom. The summed E-state index contributed by atoms with van der Waals surface area (Å²) < 4.78 is 6.49. The highest BCUT2D eigenvalue weighted by molar-refractivity contribution is 5.97. The van der Waals surface area contributed by atoms with Crippen LogP contribution in [0.2, 0.25) is 0 Å². The molecule has 4 heteroatoms. The van der Waals surface area contributed by atoms with Gasteiger partial charge in [0.2, 0.25) is 0 Å². The summed E-state index contributed by atoms with van der Waals surface area (Å²) in [5.41, 5.74) is 7.01. The first kappa shape index (κ1) is 24.6. The Labute approximate surface area is 238 Å². The highest BCUT2D eigenvalue weighted by Gasteiger charge is 2.45. The van der Waals surface area contributed by atoms with Gasteiger partial charge < -0.3 is 9.72 Å². The fraction of sp³-hybridized carbons (Fsp3) is 0.0270. The predicted octanol–water partition coefficient (Wildman–Crippen LogP) is 8.10. The molecule has 0 unspecified atom stereocenters. The van der Waals surface area contributed by atoms with E-state index in [1.165, 1.54) is 0 Å². The number of aromatic nitrogens is 1. The van der Waals surface area contributed by atoms with Gasteiger partial charge in [-0.25, -0.2) is 4.99 Å². The number of benzene rings is 5. The Morgan fingerprint density at radius 1 is 0.585 bits per heavy atom. The number of amidine groups is 1. The third-order valence-electron chi connectivity index (χ3n) is 7.68. The summed E-state index contributed by atoms with van der Waals surface area (Å²) in [5, 5.41) is 9.02. The molecule has 0 spiro atoms. The molecular weight excluding hydrogens is 502 g/mol. The average molecular weight is 530 g/mol. The summed E-state index contributed by atoms with van der Waals surface area (Å²) in [6.07, 6.45) is 0. The zero-order valence-electron chi connectivity index (χ0n) is 22.3. The van der Waals surface area contributed by atoms with Crippen molar-refractivity contribution in [2.24, 2.45) is 4.99 Å². The maximum atomic E-state index is 9.02. The first-order valence-corrected chi connectivity index (χ1v) is 13.6. The number of hydrogen-bond acceptors (Lipinski definition) is 2. The molecule has 7 rings (SSSR count). The fourth-order valence-electron chi connectivity index (χ4n) is 5.85. The van der Waals surface area contributed by atoms with Gasteiger partial charge >= 0.3 is 0 Å². The van der Waals surface area contributed by atoms with E-state index in [9.17, 15) is 0 Å². The van der Waals surface area contributed by atoms with Crippen molar-refractivity contribution in [2.75, 3.05) is 0 Å². The van der Waals surface area contributed by atoms with E-state index in [0.29, 0.717) is 11.1 Å². The molecule has 2 heterocycles. The highest BCUT2D eigenvalue weighted by Crippen LogP contribution is 2.55. The maximum absolute atomic E-state index is 9.02. The molecule has 0 amide bonds. The lowest BCUT2D eigenvalue weighted by Gasteiger charge is -2.41. The molecular formula is C37H27N3O. The van der Waals surface area contributed by atoms with Crippen molar-refractivity contribution >= 4 is 5.84 Å². The SMILES string of the molecule is N=C(/N=c1/cccc(-c2ccccc2)[nH]1)c1ccc2c(c1)C(c1ccccc1)(c1ccccc1)c1ccccc1O2. The molecule has 1 aliphatic rings. The van der Waals surface area contributed by atoms with E-state index in [4.69, 9.17) is 10.1 Å². The standard InChI is InChI=1S/C37H27N3O/c38-36(40-35-22-12-20-32(39-35)26-13-4-1-5-14-26)27-23-24-34-31(25-27)37(28-15-6-2-7-16-28,29-17-8-3-9-18-29)30-19-10-11-21-33(30)41-34/h1-25H,(H2,38,39,40). The van der Waals surface area contributed by atoms with Gasteiger partial charge in [-0.1, -0.05) is 115 Å². The first-order chi connectivity index (χ1) is 20.2. The molecule has 1 aliphatic heterocycles. The molecule has 0 fully saturated rings. The van der Waals surface area contributed by atoms with Crippen LogP contribution in [-0.4, -0.2) is 10.8 Å². The van der Waals surface area contributed by atoms with Gasteiger partial charge in [0.15, 0.2) is 5.84 Å². The number of H-pyrrole nitrogens is 1. The number of fused-ring (bicyclic) bond motifs is 2. The van der Waals surface area contributed by atoms with Crippen molar-refractivity contribution in [1.29, 1.82) is 5.41 Å². The number of nitrogens with one attached hydrogen (secondary N) is 2. The molecule has 0 bridgehead atoms. The lowest BCUT2D eigenvalue weighted by molar-refractivity contribution is 0.434. The van der Waals surface area contributed by atoms with Crippen molar-refractivity contribution in [3.05, 3.63) is 185 Å². The second kappa shape index (κ2) is 10.2. The molecule has 0 atom stereocenters. The van der Waals surface area contributed by atoms with Crippen LogP contribution in [0.5, 0.6) is 11.5 Å². The number of ether oxygens (including phenoxy) is 1. The molecule has 6 aromatic rings. The number of para-hydroxylation sites is 1. The fourth-order valence-corrected chi connectivity index (χ4v) is 5.85. The van der Waals surface area contributed by atoms with E-state index < -0.39 is 5.41 Å². The van der Waals surface area contributed by atoms with E-state index in [0.717, 1.165) is 45.0 Å². The Morgan fingerprint density at radius 2 is 1.20 bits per heavy atom. The second-order valence-corrected chi connectivity index (χ2v) is 10.1. The smallest absolute Gasteiger partial charge is 0.154 e. The summed E-state index contributed by atoms with van der Waals surface area (Å²) >= 11 is 0. The normalized spacial score (nSPS) is 13.5. The monoisotopic (exact) mass is 529 g/mol. The lowest BCUT2D eigenvalue weighted by atomic mass is 9.63. The van der Waals surface area contributed by atoms with Gasteiger partial charge in [-0.15, -0.1) is 0 Å². The van der Waals surface area contributed by atoms with Gasteiger partial charge in [-0.2, -0.15) is 0 Å². The Balaban J connectivity index is 1.42. The van der Waals surface area contributed by atoms with Gasteiger partial charge in [0.25, 0.3) is 0 Å². The topological polar surface area (TPSA) is 61.2 Å². The van der Waals surface area contributed by atoms with Crippen molar-refractivity contribution in [1.82, 2.24) is 4.98 Å². The van der Waals surface area contributed by atoms with Crippen LogP contribution in [0.15, 0.2) is 157 Å². The van der Waals surface area contributed by atoms with E-state index in [1.54, 1.807) is 0 Å². The number of hydrogen-bond donors (Lipinski definition) is 2. The molecule has 0 radical (unpaired) electrons. The largest absolute Gasteiger partial charge is 0.457 e. The predicted molar refractivity (Wildman–Crippen MR) is 163 cm³/mol. The van der Waals surface area contributed by atoms with Crippen LogP contribution < -0.4 is 10.2 Å². The summed E-state index contributed by atoms with van der Waals surface area (Å²) in [6, 6.07) is 51.2. The molecule has 5 aromatic carbocycles. The molecule has 196 valence electrons. The summed E-state index contributed by atoms with van der Waals surface area (Å²) in [5.74, 6) is 1.77. The van der Waals surface area contributed by atoms with Gasteiger partial charge in [0, 0.05) is 22.4 Å². The second-order valence-electron chi connectivity index (χ2n) is 10.1. The van der Waals surface area contributed by atoms with E-state index in [-0.39, 0.29) is 5.84 Å². The molecule has 41 heavy (non-hydrogen) atoms. The Hall–Kier alpha value is -5.48. The minimum absolute atomic E-state index is 0.170.